The Morgan fingerprint density at radius 3 is 2.85 bits per heavy atom. The summed E-state index contributed by atoms with van der Waals surface area (Å²) in [5, 5.41) is 6.91. The molecule has 6 nitrogen and oxygen atoms in total. The van der Waals surface area contributed by atoms with Crippen LogP contribution in [0.5, 0.6) is 5.75 Å². The molecule has 6 heteroatoms. The third kappa shape index (κ3) is 3.28. The normalized spacial score (nSPS) is 10.3. The van der Waals surface area contributed by atoms with Crippen LogP contribution in [0.4, 0.5) is 11.4 Å². The van der Waals surface area contributed by atoms with Crippen molar-refractivity contribution in [3.63, 3.8) is 0 Å². The summed E-state index contributed by atoms with van der Waals surface area (Å²) in [5.41, 5.74) is 7.95. The van der Waals surface area contributed by atoms with Crippen LogP contribution < -0.4 is 15.8 Å². The minimum Gasteiger partial charge on any atom is -0.497 e. The van der Waals surface area contributed by atoms with E-state index in [-0.39, 0.29) is 5.91 Å². The molecule has 1 heterocycles. The van der Waals surface area contributed by atoms with Crippen LogP contribution in [0.25, 0.3) is 0 Å². The Hall–Kier alpha value is -2.50. The molecular formula is C14H18N4O2. The average Bonchev–Trinajstić information content (AvgIpc) is 2.84. The summed E-state index contributed by atoms with van der Waals surface area (Å²) in [4.78, 5) is 11.9. The lowest BCUT2D eigenvalue weighted by atomic mass is 10.2. The van der Waals surface area contributed by atoms with E-state index in [9.17, 15) is 4.79 Å². The minimum atomic E-state index is -0.100. The topological polar surface area (TPSA) is 82.2 Å². The number of nitrogens with zero attached hydrogens (tertiary/aromatic N) is 2. The molecule has 0 fully saturated rings. The molecule has 3 N–H and O–H groups in total. The first-order chi connectivity index (χ1) is 9.60. The Labute approximate surface area is 117 Å². The largest absolute Gasteiger partial charge is 0.497 e. The molecule has 1 aromatic heterocycles. The molecule has 0 saturated carbocycles. The number of hydrogen-bond acceptors (Lipinski definition) is 4. The lowest BCUT2D eigenvalue weighted by Crippen LogP contribution is -2.16. The number of anilines is 2. The highest BCUT2D eigenvalue weighted by Gasteiger charge is 2.07. The smallest absolute Gasteiger partial charge is 0.226 e. The van der Waals surface area contributed by atoms with Crippen molar-refractivity contribution in [1.29, 1.82) is 0 Å². The van der Waals surface area contributed by atoms with Gasteiger partial charge in [0.25, 0.3) is 0 Å². The number of nitrogens with one attached hydrogen (secondary N) is 1. The third-order valence-corrected chi connectivity index (χ3v) is 3.01. The molecule has 20 heavy (non-hydrogen) atoms. The SMILES string of the molecule is COc1ccc(NC(=O)CCn2nccc2C)c(N)c1. The van der Waals surface area contributed by atoms with Gasteiger partial charge in [0, 0.05) is 30.9 Å². The van der Waals surface area contributed by atoms with E-state index in [2.05, 4.69) is 10.4 Å². The number of benzene rings is 1. The van der Waals surface area contributed by atoms with Gasteiger partial charge in [-0.15, -0.1) is 0 Å². The van der Waals surface area contributed by atoms with E-state index in [1.165, 1.54) is 0 Å². The summed E-state index contributed by atoms with van der Waals surface area (Å²) in [6.45, 7) is 2.49. The van der Waals surface area contributed by atoms with E-state index in [1.807, 2.05) is 13.0 Å². The number of aryl methyl sites for hydroxylation is 2. The molecule has 2 aromatic rings. The van der Waals surface area contributed by atoms with E-state index >= 15 is 0 Å². The van der Waals surface area contributed by atoms with Crippen molar-refractivity contribution in [3.8, 4) is 5.75 Å². The molecule has 0 atom stereocenters. The molecule has 0 aliphatic carbocycles. The van der Waals surface area contributed by atoms with Gasteiger partial charge in [-0.2, -0.15) is 5.10 Å². The quantitative estimate of drug-likeness (QED) is 0.815. The standard InChI is InChI=1S/C14H18N4O2/c1-10-5-7-16-18(10)8-6-14(19)17-13-4-3-11(20-2)9-12(13)15/h3-5,7,9H,6,8,15H2,1-2H3,(H,17,19). The predicted octanol–water partition coefficient (Wildman–Crippen LogP) is 1.81. The van der Waals surface area contributed by atoms with Crippen molar-refractivity contribution >= 4 is 17.3 Å². The zero-order valence-corrected chi connectivity index (χ0v) is 11.6. The number of nitrogen functional groups attached to an aromatic ring is 1. The number of carbonyl (C=O) groups excluding carboxylic acids is 1. The Morgan fingerprint density at radius 1 is 1.45 bits per heavy atom. The van der Waals surface area contributed by atoms with Gasteiger partial charge in [-0.05, 0) is 25.1 Å². The van der Waals surface area contributed by atoms with Crippen molar-refractivity contribution in [2.45, 2.75) is 19.9 Å². The van der Waals surface area contributed by atoms with E-state index in [1.54, 1.807) is 36.2 Å². The summed E-state index contributed by atoms with van der Waals surface area (Å²) in [6.07, 6.45) is 2.06. The predicted molar refractivity (Wildman–Crippen MR) is 77.6 cm³/mol. The Kier molecular flexibility index (Phi) is 4.24. The van der Waals surface area contributed by atoms with Crippen LogP contribution >= 0.6 is 0 Å². The number of methoxy groups -OCH3 is 1. The van der Waals surface area contributed by atoms with Crippen LogP contribution in [0.15, 0.2) is 30.5 Å². The van der Waals surface area contributed by atoms with Gasteiger partial charge in [0.1, 0.15) is 5.75 Å². The Morgan fingerprint density at radius 2 is 2.25 bits per heavy atom. The van der Waals surface area contributed by atoms with Crippen molar-refractivity contribution in [3.05, 3.63) is 36.2 Å². The van der Waals surface area contributed by atoms with Crippen molar-refractivity contribution in [2.24, 2.45) is 0 Å². The maximum Gasteiger partial charge on any atom is 0.226 e. The van der Waals surface area contributed by atoms with Gasteiger partial charge in [0.2, 0.25) is 5.91 Å². The zero-order valence-electron chi connectivity index (χ0n) is 11.6. The van der Waals surface area contributed by atoms with Crippen LogP contribution in [0.1, 0.15) is 12.1 Å². The molecule has 0 aliphatic rings. The second-order valence-corrected chi connectivity index (χ2v) is 4.45. The zero-order chi connectivity index (χ0) is 14.5. The van der Waals surface area contributed by atoms with Gasteiger partial charge in [0.15, 0.2) is 0 Å². The summed E-state index contributed by atoms with van der Waals surface area (Å²) in [7, 11) is 1.57. The first-order valence-electron chi connectivity index (χ1n) is 6.32. The number of carbonyl (C=O) groups is 1. The van der Waals surface area contributed by atoms with E-state index in [4.69, 9.17) is 10.5 Å². The minimum absolute atomic E-state index is 0.100. The summed E-state index contributed by atoms with van der Waals surface area (Å²) < 4.78 is 6.85. The molecule has 1 amide bonds. The van der Waals surface area contributed by atoms with Crippen molar-refractivity contribution < 1.29 is 9.53 Å². The number of rotatable bonds is 5. The first kappa shape index (κ1) is 13.9. The summed E-state index contributed by atoms with van der Waals surface area (Å²) >= 11 is 0. The number of nitrogens with two attached hydrogens (primary N) is 1. The highest BCUT2D eigenvalue weighted by molar-refractivity contribution is 5.93. The molecule has 106 valence electrons. The maximum absolute atomic E-state index is 11.9. The molecule has 0 spiro atoms. The molecule has 0 aliphatic heterocycles. The van der Waals surface area contributed by atoms with E-state index < -0.39 is 0 Å². The lowest BCUT2D eigenvalue weighted by Gasteiger charge is -2.10. The van der Waals surface area contributed by atoms with Gasteiger partial charge in [-0.25, -0.2) is 0 Å². The monoisotopic (exact) mass is 274 g/mol. The van der Waals surface area contributed by atoms with E-state index in [0.717, 1.165) is 5.69 Å². The number of amides is 1. The molecule has 0 radical (unpaired) electrons. The Balaban J connectivity index is 1.93. The van der Waals surface area contributed by atoms with Gasteiger partial charge in [-0.3, -0.25) is 9.48 Å². The van der Waals surface area contributed by atoms with Crippen LogP contribution in [-0.2, 0) is 11.3 Å². The van der Waals surface area contributed by atoms with Gasteiger partial charge < -0.3 is 15.8 Å². The fourth-order valence-electron chi connectivity index (χ4n) is 1.83. The molecule has 0 saturated heterocycles. The molecule has 0 unspecified atom stereocenters. The number of hydrogen-bond donors (Lipinski definition) is 2. The van der Waals surface area contributed by atoms with Crippen LogP contribution in [0, 0.1) is 6.92 Å². The van der Waals surface area contributed by atoms with Crippen LogP contribution in [0.2, 0.25) is 0 Å². The van der Waals surface area contributed by atoms with Gasteiger partial charge in [0.05, 0.1) is 18.5 Å². The fourth-order valence-corrected chi connectivity index (χ4v) is 1.83. The highest BCUT2D eigenvalue weighted by Crippen LogP contribution is 2.24. The van der Waals surface area contributed by atoms with Gasteiger partial charge >= 0.3 is 0 Å². The summed E-state index contributed by atoms with van der Waals surface area (Å²) in [5.74, 6) is 0.560. The molecule has 2 rings (SSSR count). The third-order valence-electron chi connectivity index (χ3n) is 3.01. The lowest BCUT2D eigenvalue weighted by molar-refractivity contribution is -0.116. The molecule has 0 bridgehead atoms. The first-order valence-corrected chi connectivity index (χ1v) is 6.32. The van der Waals surface area contributed by atoms with E-state index in [0.29, 0.717) is 30.1 Å². The average molecular weight is 274 g/mol. The molecular weight excluding hydrogens is 256 g/mol. The van der Waals surface area contributed by atoms with Gasteiger partial charge in [-0.1, -0.05) is 0 Å². The fraction of sp³-hybridized carbons (Fsp3) is 0.286. The number of aromatic nitrogens is 2. The molecule has 1 aromatic carbocycles. The second-order valence-electron chi connectivity index (χ2n) is 4.45. The number of ether oxygens (including phenoxy) is 1. The Bertz CT molecular complexity index is 607. The van der Waals surface area contributed by atoms with Crippen molar-refractivity contribution in [2.75, 3.05) is 18.2 Å². The maximum atomic E-state index is 11.9. The van der Waals surface area contributed by atoms with Crippen LogP contribution in [-0.4, -0.2) is 22.8 Å². The van der Waals surface area contributed by atoms with Crippen LogP contribution in [0.3, 0.4) is 0 Å². The summed E-state index contributed by atoms with van der Waals surface area (Å²) in [6, 6.07) is 7.06. The van der Waals surface area contributed by atoms with Crippen molar-refractivity contribution in [1.82, 2.24) is 9.78 Å². The highest BCUT2D eigenvalue weighted by atomic mass is 16.5. The second kappa shape index (κ2) is 6.10.